The average molecular weight is 415 g/mol. The van der Waals surface area contributed by atoms with E-state index in [1.807, 2.05) is 31.2 Å². The SMILES string of the molecule is Cc1ccccc1C(C)NC(=O)c1nn(-c2ccccc2C(F)(F)F)c(C)cc1=O. The van der Waals surface area contributed by atoms with Crippen molar-refractivity contribution in [2.75, 3.05) is 0 Å². The molecule has 0 saturated carbocycles. The quantitative estimate of drug-likeness (QED) is 0.689. The summed E-state index contributed by atoms with van der Waals surface area (Å²) in [6, 6.07) is 13.0. The molecule has 0 aliphatic carbocycles. The van der Waals surface area contributed by atoms with E-state index in [0.717, 1.165) is 27.9 Å². The highest BCUT2D eigenvalue weighted by molar-refractivity contribution is 5.92. The number of nitrogens with one attached hydrogen (secondary N) is 1. The Kier molecular flexibility index (Phi) is 5.78. The van der Waals surface area contributed by atoms with Crippen LogP contribution in [0.1, 0.15) is 45.8 Å². The maximum Gasteiger partial charge on any atom is 0.418 e. The minimum atomic E-state index is -4.62. The van der Waals surface area contributed by atoms with E-state index in [4.69, 9.17) is 0 Å². The highest BCUT2D eigenvalue weighted by atomic mass is 19.4. The van der Waals surface area contributed by atoms with Crippen molar-refractivity contribution >= 4 is 5.91 Å². The van der Waals surface area contributed by atoms with E-state index in [0.29, 0.717) is 0 Å². The summed E-state index contributed by atoms with van der Waals surface area (Å²) >= 11 is 0. The molecule has 0 fully saturated rings. The summed E-state index contributed by atoms with van der Waals surface area (Å²) in [7, 11) is 0. The molecule has 30 heavy (non-hydrogen) atoms. The molecule has 0 bridgehead atoms. The zero-order valence-corrected chi connectivity index (χ0v) is 16.6. The maximum absolute atomic E-state index is 13.4. The summed E-state index contributed by atoms with van der Waals surface area (Å²) in [6.45, 7) is 5.11. The molecule has 0 spiro atoms. The van der Waals surface area contributed by atoms with Crippen molar-refractivity contribution in [3.05, 3.63) is 92.9 Å². The van der Waals surface area contributed by atoms with Crippen molar-refractivity contribution in [2.45, 2.75) is 33.0 Å². The molecule has 1 N–H and O–H groups in total. The van der Waals surface area contributed by atoms with Crippen molar-refractivity contribution in [1.29, 1.82) is 0 Å². The zero-order valence-electron chi connectivity index (χ0n) is 16.6. The topological polar surface area (TPSA) is 64.0 Å². The van der Waals surface area contributed by atoms with Gasteiger partial charge in [0.1, 0.15) is 0 Å². The molecule has 156 valence electrons. The Morgan fingerprint density at radius 3 is 2.37 bits per heavy atom. The molecule has 1 amide bonds. The van der Waals surface area contributed by atoms with E-state index in [2.05, 4.69) is 10.4 Å². The molecule has 1 aromatic heterocycles. The van der Waals surface area contributed by atoms with E-state index in [1.54, 1.807) is 6.92 Å². The highest BCUT2D eigenvalue weighted by Gasteiger charge is 2.34. The first-order chi connectivity index (χ1) is 14.1. The predicted octanol–water partition coefficient (Wildman–Crippen LogP) is 4.36. The van der Waals surface area contributed by atoms with Crippen LogP contribution in [0.3, 0.4) is 0 Å². The van der Waals surface area contributed by atoms with Crippen molar-refractivity contribution < 1.29 is 18.0 Å². The Bertz CT molecular complexity index is 1150. The van der Waals surface area contributed by atoms with Gasteiger partial charge in [-0.3, -0.25) is 9.59 Å². The van der Waals surface area contributed by atoms with Crippen LogP contribution < -0.4 is 10.7 Å². The van der Waals surface area contributed by atoms with Crippen molar-refractivity contribution in [3.63, 3.8) is 0 Å². The van der Waals surface area contributed by atoms with Crippen LogP contribution in [0.5, 0.6) is 0 Å². The molecule has 0 radical (unpaired) electrons. The third kappa shape index (κ3) is 4.27. The molecule has 3 aromatic rings. The third-order valence-corrected chi connectivity index (χ3v) is 4.76. The maximum atomic E-state index is 13.4. The van der Waals surface area contributed by atoms with Crippen LogP contribution in [0.25, 0.3) is 5.69 Å². The number of benzene rings is 2. The summed E-state index contributed by atoms with van der Waals surface area (Å²) < 4.78 is 41.2. The van der Waals surface area contributed by atoms with Gasteiger partial charge in [0, 0.05) is 11.8 Å². The van der Waals surface area contributed by atoms with Crippen LogP contribution in [0.4, 0.5) is 13.2 Å². The first-order valence-corrected chi connectivity index (χ1v) is 9.23. The number of hydrogen-bond donors (Lipinski definition) is 1. The molecule has 3 rings (SSSR count). The normalized spacial score (nSPS) is 12.5. The van der Waals surface area contributed by atoms with Gasteiger partial charge in [0.15, 0.2) is 5.69 Å². The largest absolute Gasteiger partial charge is 0.418 e. The number of halogens is 3. The molecule has 2 aromatic carbocycles. The predicted molar refractivity (Wildman–Crippen MR) is 107 cm³/mol. The van der Waals surface area contributed by atoms with Gasteiger partial charge in [-0.15, -0.1) is 0 Å². The number of hydrogen-bond acceptors (Lipinski definition) is 3. The van der Waals surface area contributed by atoms with Crippen LogP contribution in [0, 0.1) is 13.8 Å². The fourth-order valence-corrected chi connectivity index (χ4v) is 3.26. The van der Waals surface area contributed by atoms with Gasteiger partial charge < -0.3 is 5.32 Å². The molecule has 1 atom stereocenters. The molecule has 8 heteroatoms. The van der Waals surface area contributed by atoms with Crippen LogP contribution in [0.2, 0.25) is 0 Å². The van der Waals surface area contributed by atoms with E-state index < -0.39 is 34.8 Å². The van der Waals surface area contributed by atoms with Crippen molar-refractivity contribution in [2.24, 2.45) is 0 Å². The number of nitrogens with zero attached hydrogens (tertiary/aromatic N) is 2. The molecule has 0 saturated heterocycles. The fourth-order valence-electron chi connectivity index (χ4n) is 3.26. The van der Waals surface area contributed by atoms with E-state index in [-0.39, 0.29) is 11.4 Å². The van der Waals surface area contributed by atoms with Gasteiger partial charge >= 0.3 is 6.18 Å². The summed E-state index contributed by atoms with van der Waals surface area (Å²) in [5.41, 5.74) is -0.312. The Balaban J connectivity index is 2.02. The lowest BCUT2D eigenvalue weighted by Gasteiger charge is -2.18. The minimum Gasteiger partial charge on any atom is -0.344 e. The van der Waals surface area contributed by atoms with E-state index in [9.17, 15) is 22.8 Å². The van der Waals surface area contributed by atoms with Crippen LogP contribution in [-0.4, -0.2) is 15.7 Å². The van der Waals surface area contributed by atoms with E-state index in [1.165, 1.54) is 25.1 Å². The van der Waals surface area contributed by atoms with Crippen LogP contribution in [-0.2, 0) is 6.18 Å². The summed E-state index contributed by atoms with van der Waals surface area (Å²) in [5, 5.41) is 6.68. The highest BCUT2D eigenvalue weighted by Crippen LogP contribution is 2.33. The minimum absolute atomic E-state index is 0.181. The monoisotopic (exact) mass is 415 g/mol. The van der Waals surface area contributed by atoms with Gasteiger partial charge in [0.25, 0.3) is 5.91 Å². The lowest BCUT2D eigenvalue weighted by molar-refractivity contribution is -0.137. The molecule has 0 aliphatic heterocycles. The molecule has 1 unspecified atom stereocenters. The molecule has 1 heterocycles. The van der Waals surface area contributed by atoms with Crippen molar-refractivity contribution in [1.82, 2.24) is 15.1 Å². The number of rotatable bonds is 4. The fraction of sp³-hybridized carbons (Fsp3) is 0.227. The second-order valence-corrected chi connectivity index (χ2v) is 6.98. The molecule has 0 aliphatic rings. The second-order valence-electron chi connectivity index (χ2n) is 6.98. The van der Waals surface area contributed by atoms with Crippen LogP contribution >= 0.6 is 0 Å². The van der Waals surface area contributed by atoms with Gasteiger partial charge in [-0.25, -0.2) is 4.68 Å². The van der Waals surface area contributed by atoms with Gasteiger partial charge in [-0.05, 0) is 44.0 Å². The van der Waals surface area contributed by atoms with Gasteiger partial charge in [-0.2, -0.15) is 18.3 Å². The number of amides is 1. The Labute approximate surface area is 171 Å². The number of carbonyl (C=O) groups is 1. The number of aromatic nitrogens is 2. The summed E-state index contributed by atoms with van der Waals surface area (Å²) in [4.78, 5) is 25.1. The lowest BCUT2D eigenvalue weighted by atomic mass is 10.0. The smallest absolute Gasteiger partial charge is 0.344 e. The summed E-state index contributed by atoms with van der Waals surface area (Å²) in [6.07, 6.45) is -4.62. The average Bonchev–Trinajstić information content (AvgIpc) is 2.67. The number of alkyl halides is 3. The Morgan fingerprint density at radius 2 is 1.70 bits per heavy atom. The Hall–Kier alpha value is -3.42. The molecule has 5 nitrogen and oxygen atoms in total. The number of aryl methyl sites for hydroxylation is 2. The van der Waals surface area contributed by atoms with Gasteiger partial charge in [0.05, 0.1) is 17.3 Å². The van der Waals surface area contributed by atoms with Gasteiger partial charge in [-0.1, -0.05) is 36.4 Å². The van der Waals surface area contributed by atoms with Crippen LogP contribution in [0.15, 0.2) is 59.4 Å². The second kappa shape index (κ2) is 8.14. The summed E-state index contributed by atoms with van der Waals surface area (Å²) in [5.74, 6) is -0.756. The first kappa shape index (κ1) is 21.3. The standard InChI is InChI=1S/C22H20F3N3O2/c1-13-8-4-5-9-16(13)15(3)26-21(30)20-19(29)12-14(2)28(27-20)18-11-7-6-10-17(18)22(23,24)25/h4-12,15H,1-3H3,(H,26,30). The zero-order chi connectivity index (χ0) is 22.1. The van der Waals surface area contributed by atoms with Gasteiger partial charge in [0.2, 0.25) is 5.43 Å². The van der Waals surface area contributed by atoms with Crippen molar-refractivity contribution in [3.8, 4) is 5.69 Å². The third-order valence-electron chi connectivity index (χ3n) is 4.76. The number of para-hydroxylation sites is 1. The molecular weight excluding hydrogens is 395 g/mol. The Morgan fingerprint density at radius 1 is 1.07 bits per heavy atom. The lowest BCUT2D eigenvalue weighted by Crippen LogP contribution is -2.34. The van der Waals surface area contributed by atoms with E-state index >= 15 is 0 Å². The number of carbonyl (C=O) groups excluding carboxylic acids is 1. The first-order valence-electron chi connectivity index (χ1n) is 9.23. The molecular formula is C22H20F3N3O2.